The van der Waals surface area contributed by atoms with Gasteiger partial charge in [0.25, 0.3) is 0 Å². The van der Waals surface area contributed by atoms with E-state index >= 15 is 0 Å². The van der Waals surface area contributed by atoms with E-state index in [1.54, 1.807) is 24.3 Å². The molecule has 0 fully saturated rings. The Labute approximate surface area is 80.7 Å². The maximum absolute atomic E-state index is 11.8. The number of nitrogens with two attached hydrogens (primary N) is 1. The van der Waals surface area contributed by atoms with Gasteiger partial charge < -0.3 is 5.73 Å². The highest BCUT2D eigenvalue weighted by Gasteiger charge is 2.25. The van der Waals surface area contributed by atoms with Crippen molar-refractivity contribution in [1.82, 2.24) is 0 Å². The van der Waals surface area contributed by atoms with Gasteiger partial charge in [-0.1, -0.05) is 12.1 Å². The highest BCUT2D eigenvalue weighted by Crippen LogP contribution is 2.22. The number of aryl methyl sites for hydroxylation is 1. The summed E-state index contributed by atoms with van der Waals surface area (Å²) < 4.78 is 35.4. The van der Waals surface area contributed by atoms with E-state index in [2.05, 4.69) is 0 Å². The fraction of sp³-hybridized carbons (Fsp3) is 0.400. The van der Waals surface area contributed by atoms with E-state index in [4.69, 9.17) is 5.73 Å². The molecule has 0 bridgehead atoms. The molecule has 0 atom stereocenters. The van der Waals surface area contributed by atoms with Gasteiger partial charge in [-0.2, -0.15) is 13.2 Å². The molecule has 0 saturated carbocycles. The lowest BCUT2D eigenvalue weighted by molar-refractivity contribution is -0.135. The van der Waals surface area contributed by atoms with Gasteiger partial charge in [-0.05, 0) is 30.5 Å². The van der Waals surface area contributed by atoms with Crippen LogP contribution in [0.1, 0.15) is 18.4 Å². The lowest BCUT2D eigenvalue weighted by Crippen LogP contribution is -2.07. The number of rotatable bonds is 3. The SMILES string of the molecule is Nc1ccc(CCCC(F)(F)F)cc1. The van der Waals surface area contributed by atoms with Crippen molar-refractivity contribution < 1.29 is 13.2 Å². The lowest BCUT2D eigenvalue weighted by Gasteiger charge is -2.05. The first-order chi connectivity index (χ1) is 6.47. The fourth-order valence-electron chi connectivity index (χ4n) is 1.18. The van der Waals surface area contributed by atoms with Crippen molar-refractivity contribution in [3.63, 3.8) is 0 Å². The molecule has 0 spiro atoms. The minimum Gasteiger partial charge on any atom is -0.399 e. The molecule has 1 aromatic rings. The summed E-state index contributed by atoms with van der Waals surface area (Å²) in [5.41, 5.74) is 6.97. The summed E-state index contributed by atoms with van der Waals surface area (Å²) in [7, 11) is 0. The van der Waals surface area contributed by atoms with E-state index in [9.17, 15) is 13.2 Å². The summed E-state index contributed by atoms with van der Waals surface area (Å²) in [6, 6.07) is 6.91. The number of anilines is 1. The lowest BCUT2D eigenvalue weighted by atomic mass is 10.1. The summed E-state index contributed by atoms with van der Waals surface area (Å²) in [5, 5.41) is 0. The molecule has 0 heterocycles. The average Bonchev–Trinajstić information content (AvgIpc) is 2.06. The van der Waals surface area contributed by atoms with Gasteiger partial charge in [0.15, 0.2) is 0 Å². The summed E-state index contributed by atoms with van der Waals surface area (Å²) in [6.07, 6.45) is -4.20. The summed E-state index contributed by atoms with van der Waals surface area (Å²) in [5.74, 6) is 0. The Morgan fingerprint density at radius 2 is 1.64 bits per heavy atom. The maximum atomic E-state index is 11.8. The molecule has 1 aromatic carbocycles. The van der Waals surface area contributed by atoms with Crippen molar-refractivity contribution in [2.45, 2.75) is 25.4 Å². The minimum atomic E-state index is -4.05. The van der Waals surface area contributed by atoms with Crippen LogP contribution >= 0.6 is 0 Å². The van der Waals surface area contributed by atoms with E-state index < -0.39 is 12.6 Å². The molecular weight excluding hydrogens is 191 g/mol. The monoisotopic (exact) mass is 203 g/mol. The van der Waals surface area contributed by atoms with Gasteiger partial charge in [-0.3, -0.25) is 0 Å². The average molecular weight is 203 g/mol. The van der Waals surface area contributed by atoms with Crippen molar-refractivity contribution in [2.24, 2.45) is 0 Å². The molecule has 0 unspecified atom stereocenters. The molecule has 78 valence electrons. The molecule has 4 heteroatoms. The predicted molar refractivity (Wildman–Crippen MR) is 49.8 cm³/mol. The summed E-state index contributed by atoms with van der Waals surface area (Å²) in [6.45, 7) is 0. The van der Waals surface area contributed by atoms with E-state index in [1.165, 1.54) is 0 Å². The van der Waals surface area contributed by atoms with Crippen molar-refractivity contribution >= 4 is 5.69 Å². The van der Waals surface area contributed by atoms with Gasteiger partial charge in [-0.15, -0.1) is 0 Å². The quantitative estimate of drug-likeness (QED) is 0.750. The Hall–Kier alpha value is -1.19. The number of halogens is 3. The molecule has 1 nitrogen and oxygen atoms in total. The first-order valence-corrected chi connectivity index (χ1v) is 4.38. The standard InChI is InChI=1S/C10H12F3N/c11-10(12,13)7-1-2-8-3-5-9(14)6-4-8/h3-6H,1-2,7,14H2. The molecule has 14 heavy (non-hydrogen) atoms. The first-order valence-electron chi connectivity index (χ1n) is 4.38. The highest BCUT2D eigenvalue weighted by molar-refractivity contribution is 5.39. The predicted octanol–water partition coefficient (Wildman–Crippen LogP) is 3.15. The minimum absolute atomic E-state index is 0.132. The number of hydrogen-bond donors (Lipinski definition) is 1. The molecule has 0 aliphatic carbocycles. The van der Waals surface area contributed by atoms with Crippen molar-refractivity contribution in [2.75, 3.05) is 5.73 Å². The Morgan fingerprint density at radius 3 is 2.14 bits per heavy atom. The van der Waals surface area contributed by atoms with Gasteiger partial charge in [-0.25, -0.2) is 0 Å². The normalized spacial score (nSPS) is 11.6. The Balaban J connectivity index is 2.35. The van der Waals surface area contributed by atoms with E-state index in [0.29, 0.717) is 12.1 Å². The fourth-order valence-corrected chi connectivity index (χ4v) is 1.18. The molecule has 0 amide bonds. The number of nitrogen functional groups attached to an aromatic ring is 1. The summed E-state index contributed by atoms with van der Waals surface area (Å²) in [4.78, 5) is 0. The maximum Gasteiger partial charge on any atom is 0.389 e. The number of benzene rings is 1. The van der Waals surface area contributed by atoms with Crippen LogP contribution in [-0.4, -0.2) is 6.18 Å². The van der Waals surface area contributed by atoms with Crippen LogP contribution in [0.3, 0.4) is 0 Å². The first kappa shape index (κ1) is 10.9. The summed E-state index contributed by atoms with van der Waals surface area (Å²) >= 11 is 0. The van der Waals surface area contributed by atoms with E-state index in [0.717, 1.165) is 5.56 Å². The molecule has 0 aromatic heterocycles. The molecule has 0 saturated heterocycles. The van der Waals surface area contributed by atoms with E-state index in [1.807, 2.05) is 0 Å². The molecule has 0 aliphatic rings. The Bertz CT molecular complexity index is 276. The molecule has 1 rings (SSSR count). The van der Waals surface area contributed by atoms with Gasteiger partial charge in [0.2, 0.25) is 0 Å². The molecule has 0 aliphatic heterocycles. The number of hydrogen-bond acceptors (Lipinski definition) is 1. The van der Waals surface area contributed by atoms with Gasteiger partial charge >= 0.3 is 6.18 Å². The van der Waals surface area contributed by atoms with Crippen LogP contribution in [0.5, 0.6) is 0 Å². The van der Waals surface area contributed by atoms with Crippen LogP contribution in [-0.2, 0) is 6.42 Å². The topological polar surface area (TPSA) is 26.0 Å². The van der Waals surface area contributed by atoms with Crippen LogP contribution in [0.2, 0.25) is 0 Å². The second kappa shape index (κ2) is 4.35. The number of alkyl halides is 3. The zero-order chi connectivity index (χ0) is 10.6. The Kier molecular flexibility index (Phi) is 3.38. The highest BCUT2D eigenvalue weighted by atomic mass is 19.4. The van der Waals surface area contributed by atoms with Gasteiger partial charge in [0.05, 0.1) is 0 Å². The van der Waals surface area contributed by atoms with Gasteiger partial charge in [0, 0.05) is 12.1 Å². The molecular formula is C10H12F3N. The second-order valence-electron chi connectivity index (χ2n) is 3.21. The van der Waals surface area contributed by atoms with Crippen LogP contribution in [0.4, 0.5) is 18.9 Å². The third kappa shape index (κ3) is 4.16. The van der Waals surface area contributed by atoms with Crippen LogP contribution in [0.25, 0.3) is 0 Å². The van der Waals surface area contributed by atoms with Crippen LogP contribution in [0, 0.1) is 0 Å². The van der Waals surface area contributed by atoms with Gasteiger partial charge in [0.1, 0.15) is 0 Å². The van der Waals surface area contributed by atoms with E-state index in [-0.39, 0.29) is 6.42 Å². The van der Waals surface area contributed by atoms with Crippen molar-refractivity contribution in [3.8, 4) is 0 Å². The smallest absolute Gasteiger partial charge is 0.389 e. The van der Waals surface area contributed by atoms with Crippen molar-refractivity contribution in [1.29, 1.82) is 0 Å². The molecule has 2 N–H and O–H groups in total. The zero-order valence-electron chi connectivity index (χ0n) is 7.64. The zero-order valence-corrected chi connectivity index (χ0v) is 7.64. The van der Waals surface area contributed by atoms with Crippen molar-refractivity contribution in [3.05, 3.63) is 29.8 Å². The third-order valence-electron chi connectivity index (χ3n) is 1.91. The third-order valence-corrected chi connectivity index (χ3v) is 1.91. The Morgan fingerprint density at radius 1 is 1.07 bits per heavy atom. The largest absolute Gasteiger partial charge is 0.399 e. The molecule has 0 radical (unpaired) electrons. The van der Waals surface area contributed by atoms with Crippen LogP contribution in [0.15, 0.2) is 24.3 Å². The second-order valence-corrected chi connectivity index (χ2v) is 3.21. The van der Waals surface area contributed by atoms with Crippen LogP contribution < -0.4 is 5.73 Å².